The summed E-state index contributed by atoms with van der Waals surface area (Å²) < 4.78 is 2.06. The highest BCUT2D eigenvalue weighted by molar-refractivity contribution is 5.80. The monoisotopic (exact) mass is 341 g/mol. The van der Waals surface area contributed by atoms with Gasteiger partial charge in [0.1, 0.15) is 5.75 Å². The summed E-state index contributed by atoms with van der Waals surface area (Å²) in [5.41, 5.74) is 3.67. The lowest BCUT2D eigenvalue weighted by molar-refractivity contribution is 0.475. The SMILES string of the molecule is CN=C(NCc1ccc(O)cc1)NC1CCc2cn(C(C)C)nc2C1. The number of fused-ring (bicyclic) bond motifs is 1. The average molecular weight is 341 g/mol. The van der Waals surface area contributed by atoms with E-state index in [1.54, 1.807) is 19.2 Å². The van der Waals surface area contributed by atoms with Gasteiger partial charge in [-0.15, -0.1) is 0 Å². The lowest BCUT2D eigenvalue weighted by atomic mass is 9.94. The molecule has 0 bridgehead atoms. The lowest BCUT2D eigenvalue weighted by Gasteiger charge is -2.24. The summed E-state index contributed by atoms with van der Waals surface area (Å²) in [5, 5.41) is 20.9. The van der Waals surface area contributed by atoms with Gasteiger partial charge in [-0.3, -0.25) is 9.67 Å². The summed E-state index contributed by atoms with van der Waals surface area (Å²) in [6, 6.07) is 7.94. The van der Waals surface area contributed by atoms with Crippen molar-refractivity contribution in [2.45, 2.75) is 51.7 Å². The number of hydrogen-bond donors (Lipinski definition) is 3. The van der Waals surface area contributed by atoms with Crippen LogP contribution in [-0.2, 0) is 19.4 Å². The van der Waals surface area contributed by atoms with Gasteiger partial charge in [0.05, 0.1) is 5.69 Å². The zero-order valence-electron chi connectivity index (χ0n) is 15.2. The minimum atomic E-state index is 0.283. The molecule has 3 rings (SSSR count). The van der Waals surface area contributed by atoms with Crippen molar-refractivity contribution in [3.63, 3.8) is 0 Å². The number of aryl methyl sites for hydroxylation is 1. The molecule has 0 fully saturated rings. The first-order valence-corrected chi connectivity index (χ1v) is 8.87. The second-order valence-electron chi connectivity index (χ2n) is 6.85. The summed E-state index contributed by atoms with van der Waals surface area (Å²) in [6.07, 6.45) is 5.24. The van der Waals surface area contributed by atoms with Gasteiger partial charge >= 0.3 is 0 Å². The number of guanidine groups is 1. The molecule has 3 N–H and O–H groups in total. The largest absolute Gasteiger partial charge is 0.508 e. The number of benzene rings is 1. The molecule has 25 heavy (non-hydrogen) atoms. The van der Waals surface area contributed by atoms with E-state index in [2.05, 4.69) is 40.4 Å². The van der Waals surface area contributed by atoms with Gasteiger partial charge < -0.3 is 15.7 Å². The van der Waals surface area contributed by atoms with Crippen molar-refractivity contribution in [1.29, 1.82) is 0 Å². The maximum absolute atomic E-state index is 9.35. The second-order valence-corrected chi connectivity index (χ2v) is 6.85. The Morgan fingerprint density at radius 2 is 2.12 bits per heavy atom. The molecule has 1 aliphatic carbocycles. The first-order chi connectivity index (χ1) is 12.0. The van der Waals surface area contributed by atoms with E-state index < -0.39 is 0 Å². The van der Waals surface area contributed by atoms with E-state index in [0.29, 0.717) is 18.6 Å². The van der Waals surface area contributed by atoms with Crippen molar-refractivity contribution in [3.05, 3.63) is 47.3 Å². The maximum Gasteiger partial charge on any atom is 0.191 e. The second kappa shape index (κ2) is 7.59. The smallest absolute Gasteiger partial charge is 0.191 e. The van der Waals surface area contributed by atoms with Crippen molar-refractivity contribution in [2.75, 3.05) is 7.05 Å². The first-order valence-electron chi connectivity index (χ1n) is 8.87. The van der Waals surface area contributed by atoms with Crippen LogP contribution in [0.25, 0.3) is 0 Å². The van der Waals surface area contributed by atoms with Crippen LogP contribution in [0.2, 0.25) is 0 Å². The van der Waals surface area contributed by atoms with E-state index in [-0.39, 0.29) is 5.75 Å². The van der Waals surface area contributed by atoms with Gasteiger partial charge in [-0.2, -0.15) is 5.10 Å². The molecule has 1 heterocycles. The van der Waals surface area contributed by atoms with Crippen LogP contribution in [0.3, 0.4) is 0 Å². The third-order valence-electron chi connectivity index (χ3n) is 4.59. The molecule has 6 nitrogen and oxygen atoms in total. The van der Waals surface area contributed by atoms with Gasteiger partial charge in [-0.25, -0.2) is 0 Å². The Hall–Kier alpha value is -2.50. The molecule has 0 spiro atoms. The minimum absolute atomic E-state index is 0.283. The van der Waals surface area contributed by atoms with Crippen LogP contribution in [0.1, 0.15) is 43.1 Å². The Bertz CT molecular complexity index is 733. The molecule has 134 valence electrons. The van der Waals surface area contributed by atoms with E-state index >= 15 is 0 Å². The van der Waals surface area contributed by atoms with Crippen molar-refractivity contribution in [1.82, 2.24) is 20.4 Å². The minimum Gasteiger partial charge on any atom is -0.508 e. The number of aromatic hydroxyl groups is 1. The molecule has 2 aromatic rings. The fraction of sp³-hybridized carbons (Fsp3) is 0.474. The molecule has 1 aromatic heterocycles. The van der Waals surface area contributed by atoms with Crippen molar-refractivity contribution in [3.8, 4) is 5.75 Å². The number of aliphatic imine (C=N–C) groups is 1. The zero-order chi connectivity index (χ0) is 17.8. The van der Waals surface area contributed by atoms with Crippen molar-refractivity contribution < 1.29 is 5.11 Å². The molecule has 0 saturated carbocycles. The van der Waals surface area contributed by atoms with Crippen molar-refractivity contribution >= 4 is 5.96 Å². The molecule has 1 aromatic carbocycles. The quantitative estimate of drug-likeness (QED) is 0.590. The maximum atomic E-state index is 9.35. The molecule has 0 radical (unpaired) electrons. The Morgan fingerprint density at radius 3 is 2.80 bits per heavy atom. The number of nitrogens with one attached hydrogen (secondary N) is 2. The van der Waals surface area contributed by atoms with E-state index in [4.69, 9.17) is 5.10 Å². The summed E-state index contributed by atoms with van der Waals surface area (Å²) in [7, 11) is 1.79. The molecule has 0 amide bonds. The molecule has 1 aliphatic rings. The Balaban J connectivity index is 1.56. The standard InChI is InChI=1S/C19H27N5O/c1-13(2)24-12-15-6-7-16(10-18(15)23-24)22-19(20-3)21-11-14-4-8-17(25)9-5-14/h4-5,8-9,12-13,16,25H,6-7,10-11H2,1-3H3,(H2,20,21,22). The lowest BCUT2D eigenvalue weighted by Crippen LogP contribution is -2.45. The first kappa shape index (κ1) is 17.3. The third-order valence-corrected chi connectivity index (χ3v) is 4.59. The van der Waals surface area contributed by atoms with E-state index in [1.165, 1.54) is 11.3 Å². The third kappa shape index (κ3) is 4.32. The van der Waals surface area contributed by atoms with Gasteiger partial charge in [0, 0.05) is 38.3 Å². The molecular formula is C19H27N5O. The summed E-state index contributed by atoms with van der Waals surface area (Å²) in [6.45, 7) is 4.98. The van der Waals surface area contributed by atoms with Gasteiger partial charge in [0.25, 0.3) is 0 Å². The van der Waals surface area contributed by atoms with Gasteiger partial charge in [-0.05, 0) is 49.9 Å². The zero-order valence-corrected chi connectivity index (χ0v) is 15.2. The van der Waals surface area contributed by atoms with Gasteiger partial charge in [-0.1, -0.05) is 12.1 Å². The number of rotatable bonds is 4. The Kier molecular flexibility index (Phi) is 5.26. The predicted molar refractivity (Wildman–Crippen MR) is 99.9 cm³/mol. The topological polar surface area (TPSA) is 74.5 Å². The number of phenols is 1. The van der Waals surface area contributed by atoms with Crippen LogP contribution < -0.4 is 10.6 Å². The number of aromatic nitrogens is 2. The van der Waals surface area contributed by atoms with Gasteiger partial charge in [0.2, 0.25) is 0 Å². The van der Waals surface area contributed by atoms with Crippen LogP contribution in [-0.4, -0.2) is 33.9 Å². The summed E-state index contributed by atoms with van der Waals surface area (Å²) in [5.74, 6) is 1.08. The van der Waals surface area contributed by atoms with Crippen LogP contribution in [0.5, 0.6) is 5.75 Å². The number of hydrogen-bond acceptors (Lipinski definition) is 3. The molecule has 1 atom stereocenters. The fourth-order valence-electron chi connectivity index (χ4n) is 3.09. The number of phenolic OH excluding ortho intramolecular Hbond substituents is 1. The normalized spacial score (nSPS) is 17.4. The van der Waals surface area contributed by atoms with Crippen LogP contribution >= 0.6 is 0 Å². The molecular weight excluding hydrogens is 314 g/mol. The van der Waals surface area contributed by atoms with Crippen molar-refractivity contribution in [2.24, 2.45) is 4.99 Å². The molecule has 1 unspecified atom stereocenters. The number of nitrogens with zero attached hydrogens (tertiary/aromatic N) is 3. The summed E-state index contributed by atoms with van der Waals surface area (Å²) in [4.78, 5) is 4.32. The Morgan fingerprint density at radius 1 is 1.36 bits per heavy atom. The summed E-state index contributed by atoms with van der Waals surface area (Å²) >= 11 is 0. The predicted octanol–water partition coefficient (Wildman–Crippen LogP) is 2.39. The average Bonchev–Trinajstić information content (AvgIpc) is 3.03. The van der Waals surface area contributed by atoms with Crippen LogP contribution in [0, 0.1) is 0 Å². The van der Waals surface area contributed by atoms with E-state index in [1.807, 2.05) is 12.1 Å². The fourth-order valence-corrected chi connectivity index (χ4v) is 3.09. The van der Waals surface area contributed by atoms with E-state index in [9.17, 15) is 5.11 Å². The highest BCUT2D eigenvalue weighted by Crippen LogP contribution is 2.21. The molecule has 0 aliphatic heterocycles. The highest BCUT2D eigenvalue weighted by Gasteiger charge is 2.22. The van der Waals surface area contributed by atoms with Crippen LogP contribution in [0.4, 0.5) is 0 Å². The Labute approximate surface area is 149 Å². The highest BCUT2D eigenvalue weighted by atomic mass is 16.3. The molecule has 0 saturated heterocycles. The molecule has 6 heteroatoms. The van der Waals surface area contributed by atoms with E-state index in [0.717, 1.165) is 30.8 Å². The van der Waals surface area contributed by atoms with Gasteiger partial charge in [0.15, 0.2) is 5.96 Å². The van der Waals surface area contributed by atoms with Crippen LogP contribution in [0.15, 0.2) is 35.5 Å².